The summed E-state index contributed by atoms with van der Waals surface area (Å²) in [5.41, 5.74) is -0.757. The van der Waals surface area contributed by atoms with Gasteiger partial charge in [0.25, 0.3) is 0 Å². The van der Waals surface area contributed by atoms with Gasteiger partial charge in [0.05, 0.1) is 17.9 Å². The molecule has 1 aliphatic rings. The second-order valence-electron chi connectivity index (χ2n) is 6.62. The fourth-order valence-electron chi connectivity index (χ4n) is 2.88. The predicted molar refractivity (Wildman–Crippen MR) is 105 cm³/mol. The Morgan fingerprint density at radius 2 is 2.10 bits per heavy atom. The molecule has 2 N–H and O–H groups in total. The van der Waals surface area contributed by atoms with Crippen LogP contribution in [0.4, 0.5) is 13.2 Å². The molecule has 2 rings (SSSR count). The molecule has 1 saturated heterocycles. The first-order valence-electron chi connectivity index (χ1n) is 9.42. The molecule has 7 nitrogen and oxygen atoms in total. The van der Waals surface area contributed by atoms with Gasteiger partial charge in [-0.1, -0.05) is 13.0 Å². The van der Waals surface area contributed by atoms with Crippen molar-refractivity contribution in [2.45, 2.75) is 32.0 Å². The third-order valence-corrected chi connectivity index (χ3v) is 6.45. The highest BCUT2D eigenvalue weighted by Gasteiger charge is 2.31. The fraction of sp³-hybridized carbons (Fsp3) is 0.611. The molecule has 164 valence electrons. The van der Waals surface area contributed by atoms with Crippen molar-refractivity contribution in [1.29, 1.82) is 0 Å². The van der Waals surface area contributed by atoms with Crippen molar-refractivity contribution in [2.75, 3.05) is 39.0 Å². The minimum absolute atomic E-state index is 0.149. The van der Waals surface area contributed by atoms with Gasteiger partial charge in [-0.05, 0) is 31.0 Å². The molecule has 1 atom stereocenters. The number of hydrogen-bond acceptors (Lipinski definition) is 4. The Morgan fingerprint density at radius 1 is 1.34 bits per heavy atom. The standard InChI is InChI=1S/C18H27F3N4O3S/c1-3-15(28-16-7-4-6-14(12-16)18(19,20)21)13-24-17(22-2)23-8-10-25-9-5-11-29(25,26)27/h4,6-7,12,15H,3,5,8-11,13H2,1-2H3,(H2,22,23,24). The molecule has 0 radical (unpaired) electrons. The number of sulfonamides is 1. The highest BCUT2D eigenvalue weighted by molar-refractivity contribution is 7.89. The van der Waals surface area contributed by atoms with Crippen LogP contribution in [0.3, 0.4) is 0 Å². The molecule has 1 aliphatic heterocycles. The molecule has 1 fully saturated rings. The highest BCUT2D eigenvalue weighted by Crippen LogP contribution is 2.31. The van der Waals surface area contributed by atoms with Crippen LogP contribution in [0.1, 0.15) is 25.3 Å². The summed E-state index contributed by atoms with van der Waals surface area (Å²) in [6.07, 6.45) is -3.57. The molecule has 0 aliphatic carbocycles. The van der Waals surface area contributed by atoms with Crippen molar-refractivity contribution >= 4 is 16.0 Å². The van der Waals surface area contributed by atoms with Crippen LogP contribution in [0.2, 0.25) is 0 Å². The Morgan fingerprint density at radius 3 is 2.69 bits per heavy atom. The first-order chi connectivity index (χ1) is 13.7. The van der Waals surface area contributed by atoms with E-state index in [-0.39, 0.29) is 17.6 Å². The largest absolute Gasteiger partial charge is 0.489 e. The van der Waals surface area contributed by atoms with E-state index in [1.54, 1.807) is 7.05 Å². The molecule has 0 spiro atoms. The lowest BCUT2D eigenvalue weighted by Gasteiger charge is -2.21. The minimum Gasteiger partial charge on any atom is -0.489 e. The lowest BCUT2D eigenvalue weighted by molar-refractivity contribution is -0.137. The van der Waals surface area contributed by atoms with E-state index in [4.69, 9.17) is 4.74 Å². The monoisotopic (exact) mass is 436 g/mol. The van der Waals surface area contributed by atoms with Crippen LogP contribution in [0.25, 0.3) is 0 Å². The van der Waals surface area contributed by atoms with Crippen LogP contribution in [-0.4, -0.2) is 63.8 Å². The maximum absolute atomic E-state index is 12.8. The van der Waals surface area contributed by atoms with E-state index >= 15 is 0 Å². The zero-order valence-electron chi connectivity index (χ0n) is 16.5. The first-order valence-corrected chi connectivity index (χ1v) is 11.0. The second-order valence-corrected chi connectivity index (χ2v) is 8.71. The second kappa shape index (κ2) is 10.1. The molecular formula is C18H27F3N4O3S. The number of benzene rings is 1. The van der Waals surface area contributed by atoms with Crippen molar-refractivity contribution in [3.63, 3.8) is 0 Å². The molecule has 1 aromatic carbocycles. The lowest BCUT2D eigenvalue weighted by Crippen LogP contribution is -2.45. The van der Waals surface area contributed by atoms with E-state index in [1.165, 1.54) is 16.4 Å². The van der Waals surface area contributed by atoms with E-state index in [9.17, 15) is 21.6 Å². The smallest absolute Gasteiger partial charge is 0.416 e. The van der Waals surface area contributed by atoms with Gasteiger partial charge in [0, 0.05) is 26.7 Å². The third-order valence-electron chi connectivity index (χ3n) is 4.50. The van der Waals surface area contributed by atoms with E-state index < -0.39 is 21.8 Å². The Balaban J connectivity index is 1.82. The van der Waals surface area contributed by atoms with Crippen LogP contribution in [0.15, 0.2) is 29.3 Å². The topological polar surface area (TPSA) is 83.0 Å². The lowest BCUT2D eigenvalue weighted by atomic mass is 10.2. The van der Waals surface area contributed by atoms with Crippen LogP contribution >= 0.6 is 0 Å². The SMILES string of the molecule is CCC(CNC(=NC)NCCN1CCCS1(=O)=O)Oc1cccc(C(F)(F)F)c1. The average molecular weight is 437 g/mol. The summed E-state index contributed by atoms with van der Waals surface area (Å²) >= 11 is 0. The van der Waals surface area contributed by atoms with Crippen LogP contribution in [-0.2, 0) is 16.2 Å². The number of hydrogen-bond donors (Lipinski definition) is 2. The van der Waals surface area contributed by atoms with E-state index in [1.807, 2.05) is 6.92 Å². The summed E-state index contributed by atoms with van der Waals surface area (Å²) in [5.74, 6) is 0.800. The summed E-state index contributed by atoms with van der Waals surface area (Å²) < 4.78 is 69.2. The van der Waals surface area contributed by atoms with Crippen LogP contribution < -0.4 is 15.4 Å². The summed E-state index contributed by atoms with van der Waals surface area (Å²) in [6.45, 7) is 3.47. The molecular weight excluding hydrogens is 409 g/mol. The molecule has 0 aromatic heterocycles. The number of ether oxygens (including phenoxy) is 1. The maximum Gasteiger partial charge on any atom is 0.416 e. The van der Waals surface area contributed by atoms with Gasteiger partial charge in [-0.2, -0.15) is 13.2 Å². The Bertz CT molecular complexity index is 800. The van der Waals surface area contributed by atoms with Gasteiger partial charge < -0.3 is 15.4 Å². The van der Waals surface area contributed by atoms with Gasteiger partial charge in [-0.3, -0.25) is 4.99 Å². The van der Waals surface area contributed by atoms with Crippen LogP contribution in [0.5, 0.6) is 5.75 Å². The van der Waals surface area contributed by atoms with Crippen molar-refractivity contribution in [3.05, 3.63) is 29.8 Å². The molecule has 1 aromatic rings. The average Bonchev–Trinajstić information content (AvgIpc) is 3.01. The van der Waals surface area contributed by atoms with Gasteiger partial charge in [-0.25, -0.2) is 12.7 Å². The summed E-state index contributed by atoms with van der Waals surface area (Å²) in [7, 11) is -1.56. The van der Waals surface area contributed by atoms with Crippen LogP contribution in [0, 0.1) is 0 Å². The number of aliphatic imine (C=N–C) groups is 1. The van der Waals surface area contributed by atoms with Gasteiger partial charge in [-0.15, -0.1) is 0 Å². The van der Waals surface area contributed by atoms with E-state index in [0.717, 1.165) is 12.1 Å². The zero-order chi connectivity index (χ0) is 21.5. The fourth-order valence-corrected chi connectivity index (χ4v) is 4.41. The molecule has 0 bridgehead atoms. The summed E-state index contributed by atoms with van der Waals surface area (Å²) in [6, 6.07) is 4.78. The van der Waals surface area contributed by atoms with Gasteiger partial charge >= 0.3 is 6.18 Å². The maximum atomic E-state index is 12.8. The molecule has 1 unspecified atom stereocenters. The Kier molecular flexibility index (Phi) is 8.14. The van der Waals surface area contributed by atoms with Gasteiger partial charge in [0.1, 0.15) is 11.9 Å². The number of guanidine groups is 1. The van der Waals surface area contributed by atoms with Crippen molar-refractivity contribution in [1.82, 2.24) is 14.9 Å². The van der Waals surface area contributed by atoms with Gasteiger partial charge in [0.15, 0.2) is 5.96 Å². The molecule has 11 heteroatoms. The van der Waals surface area contributed by atoms with Crippen molar-refractivity contribution in [2.24, 2.45) is 4.99 Å². The highest BCUT2D eigenvalue weighted by atomic mass is 32.2. The number of rotatable bonds is 8. The minimum atomic E-state index is -4.42. The van der Waals surface area contributed by atoms with Crippen molar-refractivity contribution < 1.29 is 26.3 Å². The van der Waals surface area contributed by atoms with Gasteiger partial charge in [0.2, 0.25) is 10.0 Å². The molecule has 29 heavy (non-hydrogen) atoms. The summed E-state index contributed by atoms with van der Waals surface area (Å²) in [4.78, 5) is 4.07. The molecule has 0 amide bonds. The van der Waals surface area contributed by atoms with Crippen molar-refractivity contribution in [3.8, 4) is 5.75 Å². The Hall–Kier alpha value is -2.01. The number of nitrogens with zero attached hydrogens (tertiary/aromatic N) is 2. The molecule has 1 heterocycles. The number of halogens is 3. The number of nitrogens with one attached hydrogen (secondary N) is 2. The zero-order valence-corrected chi connectivity index (χ0v) is 17.3. The Labute approximate surface area is 169 Å². The van der Waals surface area contributed by atoms with E-state index in [0.29, 0.717) is 45.0 Å². The van der Waals surface area contributed by atoms with E-state index in [2.05, 4.69) is 15.6 Å². The molecule has 0 saturated carbocycles. The quantitative estimate of drug-likeness (QED) is 0.482. The normalized spacial score (nSPS) is 18.4. The number of alkyl halides is 3. The third kappa shape index (κ3) is 7.07. The first kappa shape index (κ1) is 23.3. The summed E-state index contributed by atoms with van der Waals surface area (Å²) in [5, 5.41) is 6.09. The predicted octanol–water partition coefficient (Wildman–Crippen LogP) is 2.06.